The Labute approximate surface area is 93.5 Å². The first-order valence-corrected chi connectivity index (χ1v) is 4.94. The summed E-state index contributed by atoms with van der Waals surface area (Å²) in [7, 11) is 0. The second kappa shape index (κ2) is 4.94. The molecule has 0 aliphatic rings. The molecule has 14 heavy (non-hydrogen) atoms. The van der Waals surface area contributed by atoms with Crippen molar-refractivity contribution in [1.29, 1.82) is 0 Å². The number of aliphatic hydroxyl groups excluding tert-OH is 1. The summed E-state index contributed by atoms with van der Waals surface area (Å²) >= 11 is 1.79. The van der Waals surface area contributed by atoms with Crippen LogP contribution in [-0.2, 0) is 13.2 Å². The Kier molecular flexibility index (Phi) is 4.14. The predicted molar refractivity (Wildman–Crippen MR) is 55.7 cm³/mol. The van der Waals surface area contributed by atoms with Gasteiger partial charge in [-0.1, -0.05) is 0 Å². The lowest BCUT2D eigenvalue weighted by Gasteiger charge is -2.10. The Balaban J connectivity index is 3.27. The zero-order chi connectivity index (χ0) is 10.7. The molecule has 0 spiro atoms. The van der Waals surface area contributed by atoms with E-state index < -0.39 is 6.43 Å². The van der Waals surface area contributed by atoms with Crippen LogP contribution in [0.4, 0.5) is 8.78 Å². The van der Waals surface area contributed by atoms with E-state index in [0.717, 1.165) is 6.20 Å². The van der Waals surface area contributed by atoms with Crippen LogP contribution in [0.1, 0.15) is 23.2 Å². The second-order valence-electron chi connectivity index (χ2n) is 2.62. The summed E-state index contributed by atoms with van der Waals surface area (Å²) in [6.45, 7) is -0.187. The molecule has 0 fully saturated rings. The Hall–Kier alpha value is -0.340. The number of halogens is 3. The summed E-state index contributed by atoms with van der Waals surface area (Å²) in [5.74, 6) is 0. The molecule has 0 bridgehead atoms. The van der Waals surface area contributed by atoms with Crippen LogP contribution in [0.3, 0.4) is 0 Å². The van der Waals surface area contributed by atoms with Crippen LogP contribution in [0.2, 0.25) is 0 Å². The predicted octanol–water partition coefficient (Wildman–Crippen LogP) is 1.57. The van der Waals surface area contributed by atoms with E-state index in [9.17, 15) is 8.78 Å². The molecular formula is C8H9F2IN2O. The minimum absolute atomic E-state index is 0.0989. The summed E-state index contributed by atoms with van der Waals surface area (Å²) in [6, 6.07) is 0. The minimum Gasteiger partial charge on any atom is -0.390 e. The van der Waals surface area contributed by atoms with Crippen LogP contribution < -0.4 is 5.73 Å². The highest BCUT2D eigenvalue weighted by molar-refractivity contribution is 14.1. The third-order valence-electron chi connectivity index (χ3n) is 1.82. The molecule has 3 nitrogen and oxygen atoms in total. The van der Waals surface area contributed by atoms with Crippen molar-refractivity contribution in [3.8, 4) is 0 Å². The number of rotatable bonds is 3. The van der Waals surface area contributed by atoms with Gasteiger partial charge >= 0.3 is 0 Å². The summed E-state index contributed by atoms with van der Waals surface area (Å²) in [4.78, 5) is 3.74. The van der Waals surface area contributed by atoms with Crippen molar-refractivity contribution in [2.24, 2.45) is 5.73 Å². The average molecular weight is 314 g/mol. The fraction of sp³-hybridized carbons (Fsp3) is 0.375. The summed E-state index contributed by atoms with van der Waals surface area (Å²) in [5, 5.41) is 8.89. The number of aromatic nitrogens is 1. The van der Waals surface area contributed by atoms with Crippen LogP contribution >= 0.6 is 22.6 Å². The zero-order valence-electron chi connectivity index (χ0n) is 7.17. The average Bonchev–Trinajstić information content (AvgIpc) is 2.16. The third kappa shape index (κ3) is 2.18. The number of aliphatic hydroxyl groups is 1. The van der Waals surface area contributed by atoms with E-state index >= 15 is 0 Å². The van der Waals surface area contributed by atoms with E-state index in [1.807, 2.05) is 0 Å². The van der Waals surface area contributed by atoms with Gasteiger partial charge in [-0.15, -0.1) is 0 Å². The smallest absolute Gasteiger partial charge is 0.266 e. The topological polar surface area (TPSA) is 59.1 Å². The van der Waals surface area contributed by atoms with Crippen molar-refractivity contribution in [2.45, 2.75) is 19.6 Å². The lowest BCUT2D eigenvalue weighted by atomic mass is 10.1. The van der Waals surface area contributed by atoms with Gasteiger partial charge in [0.05, 0.1) is 12.3 Å². The van der Waals surface area contributed by atoms with Crippen molar-refractivity contribution in [2.75, 3.05) is 0 Å². The quantitative estimate of drug-likeness (QED) is 0.833. The molecule has 3 N–H and O–H groups in total. The molecular weight excluding hydrogens is 305 g/mol. The van der Waals surface area contributed by atoms with Crippen molar-refractivity contribution >= 4 is 22.6 Å². The lowest BCUT2D eigenvalue weighted by Crippen LogP contribution is -2.09. The maximum absolute atomic E-state index is 12.4. The second-order valence-corrected chi connectivity index (χ2v) is 3.69. The van der Waals surface area contributed by atoms with Gasteiger partial charge in [-0.25, -0.2) is 8.78 Å². The molecule has 0 aromatic carbocycles. The maximum Gasteiger partial charge on any atom is 0.266 e. The van der Waals surface area contributed by atoms with E-state index in [4.69, 9.17) is 10.8 Å². The van der Waals surface area contributed by atoms with E-state index in [1.54, 1.807) is 22.6 Å². The first-order valence-electron chi connectivity index (χ1n) is 3.87. The summed E-state index contributed by atoms with van der Waals surface area (Å²) in [6.07, 6.45) is -1.48. The number of hydrogen-bond donors (Lipinski definition) is 2. The van der Waals surface area contributed by atoms with E-state index in [2.05, 4.69) is 4.98 Å². The maximum atomic E-state index is 12.4. The Bertz CT molecular complexity index is 333. The minimum atomic E-state index is -2.56. The van der Waals surface area contributed by atoms with Crippen molar-refractivity contribution in [3.05, 3.63) is 26.6 Å². The molecule has 1 aromatic heterocycles. The number of pyridine rings is 1. The molecule has 1 rings (SSSR count). The number of alkyl halides is 2. The van der Waals surface area contributed by atoms with Crippen LogP contribution in [0, 0.1) is 3.57 Å². The summed E-state index contributed by atoms with van der Waals surface area (Å²) in [5.41, 5.74) is 6.11. The molecule has 0 amide bonds. The largest absolute Gasteiger partial charge is 0.390 e. The van der Waals surface area contributed by atoms with Gasteiger partial charge in [-0.05, 0) is 22.6 Å². The molecule has 0 aliphatic heterocycles. The fourth-order valence-electron chi connectivity index (χ4n) is 1.08. The van der Waals surface area contributed by atoms with Crippen molar-refractivity contribution < 1.29 is 13.9 Å². The van der Waals surface area contributed by atoms with Crippen LogP contribution in [0.15, 0.2) is 6.20 Å². The first kappa shape index (κ1) is 11.7. The zero-order valence-corrected chi connectivity index (χ0v) is 9.33. The monoisotopic (exact) mass is 314 g/mol. The molecule has 1 heterocycles. The highest BCUT2D eigenvalue weighted by Gasteiger charge is 2.17. The molecule has 0 radical (unpaired) electrons. The van der Waals surface area contributed by atoms with Crippen molar-refractivity contribution in [1.82, 2.24) is 4.98 Å². The highest BCUT2D eigenvalue weighted by Crippen LogP contribution is 2.27. The van der Waals surface area contributed by atoms with Crippen LogP contribution in [0.25, 0.3) is 0 Å². The molecule has 0 saturated carbocycles. The van der Waals surface area contributed by atoms with E-state index in [0.29, 0.717) is 14.8 Å². The van der Waals surface area contributed by atoms with Gasteiger partial charge < -0.3 is 10.8 Å². The molecule has 0 unspecified atom stereocenters. The SMILES string of the molecule is NCc1c(CO)ncc(C(F)F)c1I. The Morgan fingerprint density at radius 3 is 2.64 bits per heavy atom. The Morgan fingerprint density at radius 2 is 2.21 bits per heavy atom. The first-order chi connectivity index (χ1) is 6.61. The normalized spacial score (nSPS) is 11.0. The van der Waals surface area contributed by atoms with E-state index in [1.165, 1.54) is 0 Å². The number of hydrogen-bond acceptors (Lipinski definition) is 3. The number of nitrogens with zero attached hydrogens (tertiary/aromatic N) is 1. The summed E-state index contributed by atoms with van der Waals surface area (Å²) < 4.78 is 25.3. The van der Waals surface area contributed by atoms with Gasteiger partial charge in [0.2, 0.25) is 0 Å². The lowest BCUT2D eigenvalue weighted by molar-refractivity contribution is 0.149. The van der Waals surface area contributed by atoms with Gasteiger partial charge in [-0.3, -0.25) is 4.98 Å². The highest BCUT2D eigenvalue weighted by atomic mass is 127. The molecule has 0 saturated heterocycles. The van der Waals surface area contributed by atoms with Crippen LogP contribution in [0.5, 0.6) is 0 Å². The third-order valence-corrected chi connectivity index (χ3v) is 3.09. The fourth-order valence-corrected chi connectivity index (χ4v) is 1.98. The van der Waals surface area contributed by atoms with Crippen LogP contribution in [-0.4, -0.2) is 10.1 Å². The molecule has 0 aliphatic carbocycles. The molecule has 78 valence electrons. The molecule has 0 atom stereocenters. The van der Waals surface area contributed by atoms with Gasteiger partial charge in [0, 0.05) is 27.4 Å². The molecule has 6 heteroatoms. The van der Waals surface area contributed by atoms with Crippen molar-refractivity contribution in [3.63, 3.8) is 0 Å². The van der Waals surface area contributed by atoms with E-state index in [-0.39, 0.29) is 18.7 Å². The number of nitrogens with two attached hydrogens (primary N) is 1. The Morgan fingerprint density at radius 1 is 1.57 bits per heavy atom. The standard InChI is InChI=1S/C8H9F2IN2O/c9-8(10)5-2-13-6(3-14)4(1-12)7(5)11/h2,8,14H,1,3,12H2. The van der Waals surface area contributed by atoms with Gasteiger partial charge in [0.1, 0.15) is 0 Å². The van der Waals surface area contributed by atoms with Gasteiger partial charge in [-0.2, -0.15) is 0 Å². The molecule has 1 aromatic rings. The van der Waals surface area contributed by atoms with Gasteiger partial charge in [0.25, 0.3) is 6.43 Å². The van der Waals surface area contributed by atoms with Gasteiger partial charge in [0.15, 0.2) is 0 Å².